The number of Topliss-reactive ketones (excluding diaryl/α,β-unsaturated/α-hetero) is 3. The van der Waals surface area contributed by atoms with Gasteiger partial charge in [-0.2, -0.15) is 0 Å². The van der Waals surface area contributed by atoms with E-state index in [0.29, 0.717) is 38.5 Å². The summed E-state index contributed by atoms with van der Waals surface area (Å²) in [5, 5.41) is 0. The lowest BCUT2D eigenvalue weighted by Crippen LogP contribution is -2.09. The summed E-state index contributed by atoms with van der Waals surface area (Å²) >= 11 is 0. The quantitative estimate of drug-likeness (QED) is 0.263. The van der Waals surface area contributed by atoms with E-state index in [2.05, 4.69) is 0 Å². The van der Waals surface area contributed by atoms with Gasteiger partial charge in [0.25, 0.3) is 0 Å². The molecule has 0 aliphatic rings. The first-order valence-electron chi connectivity index (χ1n) is 12.3. The Kier molecular flexibility index (Phi) is 8.72. The van der Waals surface area contributed by atoms with E-state index >= 15 is 0 Å². The molecule has 0 radical (unpaired) electrons. The largest absolute Gasteiger partial charge is 0.299 e. The number of ketones is 3. The number of carbonyl (C=O) groups excluding carboxylic acids is 3. The molecule has 0 saturated heterocycles. The molecule has 180 valence electrons. The molecule has 0 heterocycles. The maximum Gasteiger partial charge on any atom is 0.141 e. The van der Waals surface area contributed by atoms with Crippen LogP contribution in [0.25, 0.3) is 0 Å². The Hall–Kier alpha value is -4.11. The van der Waals surface area contributed by atoms with Crippen LogP contribution in [-0.2, 0) is 52.9 Å². The molecule has 0 N–H and O–H groups in total. The van der Waals surface area contributed by atoms with E-state index in [1.807, 2.05) is 109 Å². The fourth-order valence-electron chi connectivity index (χ4n) is 4.30. The van der Waals surface area contributed by atoms with Gasteiger partial charge in [0.1, 0.15) is 17.3 Å². The number of hydrogen-bond donors (Lipinski definition) is 0. The lowest BCUT2D eigenvalue weighted by molar-refractivity contribution is -0.118. The first-order valence-corrected chi connectivity index (χ1v) is 12.3. The van der Waals surface area contributed by atoms with Crippen LogP contribution in [0.5, 0.6) is 0 Å². The highest BCUT2D eigenvalue weighted by atomic mass is 16.1. The molecule has 0 bridgehead atoms. The zero-order valence-electron chi connectivity index (χ0n) is 20.4. The summed E-state index contributed by atoms with van der Waals surface area (Å²) in [4.78, 5) is 37.3. The minimum absolute atomic E-state index is 0.135. The molecule has 4 aromatic carbocycles. The summed E-state index contributed by atoms with van der Waals surface area (Å²) in [5.41, 5.74) is 5.87. The lowest BCUT2D eigenvalue weighted by Gasteiger charge is -2.06. The van der Waals surface area contributed by atoms with Crippen LogP contribution >= 0.6 is 0 Å². The third-order valence-corrected chi connectivity index (χ3v) is 6.14. The SMILES string of the molecule is O=C(Cc1ccccc1)Cc1ccc(CC(=O)Cc2ccc(CC(=O)Cc3ccccc3)cc2)cc1. The predicted octanol–water partition coefficient (Wildman–Crippen LogP) is 5.75. The standard InChI is InChI=1S/C33H30O3/c34-31(19-25-7-3-1-4-8-25)21-27-11-15-29(16-12-27)23-33(36)24-30-17-13-28(14-18-30)22-32(35)20-26-9-5-2-6-10-26/h1-18H,19-24H2. The molecule has 0 atom stereocenters. The maximum absolute atomic E-state index is 12.6. The van der Waals surface area contributed by atoms with Crippen molar-refractivity contribution in [3.8, 4) is 0 Å². The van der Waals surface area contributed by atoms with Crippen LogP contribution in [0.15, 0.2) is 109 Å². The highest BCUT2D eigenvalue weighted by molar-refractivity contribution is 5.85. The van der Waals surface area contributed by atoms with Crippen LogP contribution < -0.4 is 0 Å². The van der Waals surface area contributed by atoms with Crippen LogP contribution in [-0.4, -0.2) is 17.3 Å². The molecule has 3 heteroatoms. The first-order chi connectivity index (χ1) is 17.5. The van der Waals surface area contributed by atoms with Crippen molar-refractivity contribution >= 4 is 17.3 Å². The topological polar surface area (TPSA) is 51.2 Å². The van der Waals surface area contributed by atoms with Crippen LogP contribution in [0.3, 0.4) is 0 Å². The van der Waals surface area contributed by atoms with Crippen molar-refractivity contribution in [2.75, 3.05) is 0 Å². The van der Waals surface area contributed by atoms with Gasteiger partial charge in [-0.1, -0.05) is 109 Å². The zero-order valence-corrected chi connectivity index (χ0v) is 20.4. The molecule has 0 spiro atoms. The summed E-state index contributed by atoms with van der Waals surface area (Å²) < 4.78 is 0. The summed E-state index contributed by atoms with van der Waals surface area (Å²) in [6, 6.07) is 35.0. The van der Waals surface area contributed by atoms with Gasteiger partial charge in [-0.15, -0.1) is 0 Å². The number of hydrogen-bond acceptors (Lipinski definition) is 3. The average molecular weight is 475 g/mol. The van der Waals surface area contributed by atoms with Gasteiger partial charge in [0.05, 0.1) is 0 Å². The molecule has 0 fully saturated rings. The molecular weight excluding hydrogens is 444 g/mol. The molecule has 4 rings (SSSR count). The van der Waals surface area contributed by atoms with Crippen LogP contribution in [0, 0.1) is 0 Å². The van der Waals surface area contributed by atoms with Gasteiger partial charge in [0.15, 0.2) is 0 Å². The Morgan fingerprint density at radius 2 is 0.500 bits per heavy atom. The molecule has 0 aromatic heterocycles. The van der Waals surface area contributed by atoms with Crippen molar-refractivity contribution in [1.29, 1.82) is 0 Å². The summed E-state index contributed by atoms with van der Waals surface area (Å²) in [6.07, 6.45) is 2.36. The number of benzene rings is 4. The van der Waals surface area contributed by atoms with E-state index in [9.17, 15) is 14.4 Å². The van der Waals surface area contributed by atoms with Crippen molar-refractivity contribution in [1.82, 2.24) is 0 Å². The minimum atomic E-state index is 0.135. The molecule has 36 heavy (non-hydrogen) atoms. The molecule has 4 aromatic rings. The average Bonchev–Trinajstić information content (AvgIpc) is 2.87. The van der Waals surface area contributed by atoms with E-state index in [1.54, 1.807) is 0 Å². The van der Waals surface area contributed by atoms with Gasteiger partial charge < -0.3 is 0 Å². The lowest BCUT2D eigenvalue weighted by atomic mass is 9.98. The van der Waals surface area contributed by atoms with Crippen molar-refractivity contribution in [3.63, 3.8) is 0 Å². The normalized spacial score (nSPS) is 10.7. The van der Waals surface area contributed by atoms with Crippen molar-refractivity contribution in [2.24, 2.45) is 0 Å². The minimum Gasteiger partial charge on any atom is -0.299 e. The van der Waals surface area contributed by atoms with Crippen LogP contribution in [0.4, 0.5) is 0 Å². The third kappa shape index (κ3) is 7.99. The maximum atomic E-state index is 12.6. The fourth-order valence-corrected chi connectivity index (χ4v) is 4.30. The summed E-state index contributed by atoms with van der Waals surface area (Å²) in [5.74, 6) is 0.487. The number of carbonyl (C=O) groups is 3. The van der Waals surface area contributed by atoms with Crippen LogP contribution in [0.1, 0.15) is 33.4 Å². The van der Waals surface area contributed by atoms with E-state index in [-0.39, 0.29) is 17.3 Å². The van der Waals surface area contributed by atoms with Crippen molar-refractivity contribution < 1.29 is 14.4 Å². The molecule has 0 unspecified atom stereocenters. The number of rotatable bonds is 12. The third-order valence-electron chi connectivity index (χ3n) is 6.14. The fraction of sp³-hybridized carbons (Fsp3) is 0.182. The second kappa shape index (κ2) is 12.6. The van der Waals surface area contributed by atoms with Gasteiger partial charge >= 0.3 is 0 Å². The first kappa shape index (κ1) is 25.0. The summed E-state index contributed by atoms with van der Waals surface area (Å²) in [7, 11) is 0. The Bertz CT molecular complexity index is 1190. The molecule has 0 aliphatic heterocycles. The second-order valence-corrected chi connectivity index (χ2v) is 9.28. The Balaban J connectivity index is 1.22. The Labute approximate surface area is 212 Å². The predicted molar refractivity (Wildman–Crippen MR) is 143 cm³/mol. The monoisotopic (exact) mass is 474 g/mol. The second-order valence-electron chi connectivity index (χ2n) is 9.28. The molecule has 0 amide bonds. The zero-order chi connectivity index (χ0) is 25.2. The van der Waals surface area contributed by atoms with Crippen LogP contribution in [0.2, 0.25) is 0 Å². The van der Waals surface area contributed by atoms with Gasteiger partial charge in [-0.3, -0.25) is 14.4 Å². The van der Waals surface area contributed by atoms with Gasteiger partial charge in [-0.05, 0) is 33.4 Å². The highest BCUT2D eigenvalue weighted by Gasteiger charge is 2.09. The van der Waals surface area contributed by atoms with E-state index < -0.39 is 0 Å². The highest BCUT2D eigenvalue weighted by Crippen LogP contribution is 2.12. The van der Waals surface area contributed by atoms with Crippen molar-refractivity contribution in [3.05, 3.63) is 143 Å². The summed E-state index contributed by atoms with van der Waals surface area (Å²) in [6.45, 7) is 0. The van der Waals surface area contributed by atoms with E-state index in [4.69, 9.17) is 0 Å². The van der Waals surface area contributed by atoms with Gasteiger partial charge in [0.2, 0.25) is 0 Å². The van der Waals surface area contributed by atoms with Gasteiger partial charge in [0, 0.05) is 38.5 Å². The van der Waals surface area contributed by atoms with Crippen molar-refractivity contribution in [2.45, 2.75) is 38.5 Å². The van der Waals surface area contributed by atoms with E-state index in [1.165, 1.54) is 0 Å². The Morgan fingerprint density at radius 1 is 0.306 bits per heavy atom. The van der Waals surface area contributed by atoms with E-state index in [0.717, 1.165) is 33.4 Å². The molecular formula is C33H30O3. The molecule has 0 aliphatic carbocycles. The smallest absolute Gasteiger partial charge is 0.141 e. The molecule has 0 saturated carbocycles. The molecule has 3 nitrogen and oxygen atoms in total. The van der Waals surface area contributed by atoms with Gasteiger partial charge in [-0.25, -0.2) is 0 Å². The Morgan fingerprint density at radius 3 is 0.722 bits per heavy atom.